The molecule has 0 N–H and O–H groups in total. The number of thiophene rings is 1. The highest BCUT2D eigenvalue weighted by Crippen LogP contribution is 2.40. The molecule has 52 heavy (non-hydrogen) atoms. The molecule has 0 saturated heterocycles. The van der Waals surface area contributed by atoms with E-state index in [0.717, 1.165) is 40.3 Å². The molecule has 5 aromatic rings. The summed E-state index contributed by atoms with van der Waals surface area (Å²) in [5.41, 5.74) is 7.77. The molecule has 0 spiro atoms. The zero-order valence-electron chi connectivity index (χ0n) is 29.5. The molecule has 5 rings (SSSR count). The summed E-state index contributed by atoms with van der Waals surface area (Å²) in [6, 6.07) is 46.8. The summed E-state index contributed by atoms with van der Waals surface area (Å²) in [4.78, 5) is 3.80. The van der Waals surface area contributed by atoms with E-state index in [9.17, 15) is 21.0 Å². The van der Waals surface area contributed by atoms with Crippen molar-refractivity contribution in [3.05, 3.63) is 158 Å². The summed E-state index contributed by atoms with van der Waals surface area (Å²) in [5.74, 6) is 0. The Bertz CT molecular complexity index is 2140. The third-order valence-electron chi connectivity index (χ3n) is 8.75. The molecule has 254 valence electrons. The van der Waals surface area contributed by atoms with Gasteiger partial charge < -0.3 is 4.90 Å². The summed E-state index contributed by atoms with van der Waals surface area (Å²) in [5, 5.41) is 39.5. The van der Waals surface area contributed by atoms with Gasteiger partial charge in [0.15, 0.2) is 0 Å². The Hall–Kier alpha value is -6.44. The number of nitrogens with zero attached hydrogens (tertiary/aromatic N) is 5. The summed E-state index contributed by atoms with van der Waals surface area (Å²) in [6.45, 7) is 4.44. The number of unbranched alkanes of at least 4 members (excludes halogenated alkanes) is 2. The fraction of sp³-hybridized carbons (Fsp3) is 0.174. The van der Waals surface area contributed by atoms with Crippen molar-refractivity contribution in [3.63, 3.8) is 0 Å². The molecule has 0 atom stereocenters. The highest BCUT2D eigenvalue weighted by Gasteiger charge is 2.22. The molecule has 6 heteroatoms. The van der Waals surface area contributed by atoms with Gasteiger partial charge in [0.25, 0.3) is 0 Å². The number of benzene rings is 4. The van der Waals surface area contributed by atoms with Crippen LogP contribution in [0.1, 0.15) is 71.5 Å². The lowest BCUT2D eigenvalue weighted by Gasteiger charge is -2.26. The molecule has 5 nitrogen and oxygen atoms in total. The lowest BCUT2D eigenvalue weighted by molar-refractivity contribution is 0.795. The molecule has 0 saturated carbocycles. The zero-order valence-corrected chi connectivity index (χ0v) is 30.3. The first kappa shape index (κ1) is 36.8. The summed E-state index contributed by atoms with van der Waals surface area (Å²) in [7, 11) is 0. The van der Waals surface area contributed by atoms with Gasteiger partial charge in [-0.15, -0.1) is 11.3 Å². The van der Waals surface area contributed by atoms with Gasteiger partial charge in [0.2, 0.25) is 0 Å². The average molecular weight is 694 g/mol. The van der Waals surface area contributed by atoms with Crippen molar-refractivity contribution in [1.82, 2.24) is 0 Å². The minimum absolute atomic E-state index is 0.162. The van der Waals surface area contributed by atoms with E-state index in [1.54, 1.807) is 24.3 Å². The summed E-state index contributed by atoms with van der Waals surface area (Å²) in [6.07, 6.45) is 10.9. The molecule has 1 aromatic heterocycles. The van der Waals surface area contributed by atoms with E-state index in [-0.39, 0.29) is 22.3 Å². The van der Waals surface area contributed by atoms with Crippen LogP contribution >= 0.6 is 11.3 Å². The largest absolute Gasteiger partial charge is 0.311 e. The third-order valence-corrected chi connectivity index (χ3v) is 9.82. The van der Waals surface area contributed by atoms with Crippen LogP contribution in [-0.4, -0.2) is 0 Å². The third kappa shape index (κ3) is 9.01. The van der Waals surface area contributed by atoms with E-state index in [1.165, 1.54) is 48.1 Å². The number of nitriles is 4. The first-order valence-corrected chi connectivity index (χ1v) is 18.4. The molecule has 4 aromatic carbocycles. The van der Waals surface area contributed by atoms with Crippen molar-refractivity contribution in [1.29, 1.82) is 21.0 Å². The van der Waals surface area contributed by atoms with Crippen molar-refractivity contribution in [3.8, 4) is 24.3 Å². The molecule has 1 heterocycles. The van der Waals surface area contributed by atoms with E-state index in [0.29, 0.717) is 10.4 Å². The van der Waals surface area contributed by atoms with Crippen molar-refractivity contribution in [2.75, 3.05) is 4.90 Å². The van der Waals surface area contributed by atoms with Crippen LogP contribution in [0.5, 0.6) is 0 Å². The lowest BCUT2D eigenvalue weighted by atomic mass is 9.90. The van der Waals surface area contributed by atoms with Crippen molar-refractivity contribution in [2.24, 2.45) is 0 Å². The Morgan fingerprint density at radius 1 is 0.558 bits per heavy atom. The van der Waals surface area contributed by atoms with Crippen molar-refractivity contribution in [2.45, 2.75) is 52.4 Å². The molecular weight excluding hydrogens is 655 g/mol. The molecule has 0 aliphatic rings. The molecule has 0 unspecified atom stereocenters. The molecular formula is C46H39N5S. The van der Waals surface area contributed by atoms with Crippen LogP contribution in [0.2, 0.25) is 0 Å². The second-order valence-electron chi connectivity index (χ2n) is 12.3. The van der Waals surface area contributed by atoms with Crippen LogP contribution in [0.15, 0.2) is 126 Å². The lowest BCUT2D eigenvalue weighted by Crippen LogP contribution is -2.10. The molecule has 0 radical (unpaired) electrons. The van der Waals surface area contributed by atoms with E-state index >= 15 is 0 Å². The fourth-order valence-corrected chi connectivity index (χ4v) is 6.95. The van der Waals surface area contributed by atoms with Gasteiger partial charge in [-0.25, -0.2) is 0 Å². The van der Waals surface area contributed by atoms with Gasteiger partial charge in [0, 0.05) is 38.0 Å². The Morgan fingerprint density at radius 2 is 1.04 bits per heavy atom. The van der Waals surface area contributed by atoms with Crippen molar-refractivity contribution < 1.29 is 0 Å². The van der Waals surface area contributed by atoms with Crippen LogP contribution in [0, 0.1) is 45.3 Å². The topological polar surface area (TPSA) is 98.4 Å². The maximum absolute atomic E-state index is 9.90. The molecule has 0 aliphatic carbocycles. The highest BCUT2D eigenvalue weighted by molar-refractivity contribution is 7.14. The van der Waals surface area contributed by atoms with Gasteiger partial charge in [-0.05, 0) is 103 Å². The number of rotatable bonds is 14. The van der Waals surface area contributed by atoms with Crippen LogP contribution in [0.3, 0.4) is 0 Å². The van der Waals surface area contributed by atoms with E-state index < -0.39 is 0 Å². The van der Waals surface area contributed by atoms with Crippen LogP contribution in [-0.2, 0) is 12.8 Å². The van der Waals surface area contributed by atoms with E-state index in [4.69, 9.17) is 0 Å². The highest BCUT2D eigenvalue weighted by atomic mass is 32.1. The Labute approximate surface area is 311 Å². The maximum atomic E-state index is 9.90. The van der Waals surface area contributed by atoms with E-state index in [2.05, 4.69) is 91.5 Å². The Kier molecular flexibility index (Phi) is 13.1. The normalized spacial score (nSPS) is 10.4. The van der Waals surface area contributed by atoms with Gasteiger partial charge in [-0.2, -0.15) is 21.0 Å². The Balaban J connectivity index is 1.45. The summed E-state index contributed by atoms with van der Waals surface area (Å²) >= 11 is 1.39. The monoisotopic (exact) mass is 693 g/mol. The van der Waals surface area contributed by atoms with Crippen LogP contribution in [0.4, 0.5) is 17.1 Å². The minimum Gasteiger partial charge on any atom is -0.311 e. The maximum Gasteiger partial charge on any atom is 0.138 e. The van der Waals surface area contributed by atoms with Crippen molar-refractivity contribution >= 4 is 51.7 Å². The van der Waals surface area contributed by atoms with Gasteiger partial charge >= 0.3 is 0 Å². The predicted molar refractivity (Wildman–Crippen MR) is 214 cm³/mol. The smallest absolute Gasteiger partial charge is 0.138 e. The van der Waals surface area contributed by atoms with Crippen LogP contribution in [0.25, 0.3) is 23.3 Å². The number of allylic oxidation sites excluding steroid dienone is 4. The quantitative estimate of drug-likeness (QED) is 0.0851. The molecule has 0 fully saturated rings. The van der Waals surface area contributed by atoms with E-state index in [1.807, 2.05) is 54.6 Å². The van der Waals surface area contributed by atoms with Gasteiger partial charge in [0.05, 0.1) is 0 Å². The fourth-order valence-electron chi connectivity index (χ4n) is 5.99. The summed E-state index contributed by atoms with van der Waals surface area (Å²) < 4.78 is 0. The first-order valence-electron chi connectivity index (χ1n) is 17.5. The molecule has 0 aliphatic heterocycles. The number of aryl methyl sites for hydroxylation is 2. The number of hydrogen-bond acceptors (Lipinski definition) is 6. The number of anilines is 3. The first-order chi connectivity index (χ1) is 25.5. The average Bonchev–Trinajstić information content (AvgIpc) is 3.67. The number of hydrogen-bond donors (Lipinski definition) is 0. The second kappa shape index (κ2) is 18.5. The van der Waals surface area contributed by atoms with Crippen LogP contribution < -0.4 is 4.90 Å². The minimum atomic E-state index is -0.163. The zero-order chi connectivity index (χ0) is 36.7. The molecule has 0 amide bonds. The SMILES string of the molecule is CCCCc1ccc(N(c2ccc(/C=C/c3ccc(C(=C(C#N)C#N)C(=C(C#N)C#N)c4ccccc4)s3)cc2)c2ccc(CCCC)cc2)cc1. The van der Waals surface area contributed by atoms with Gasteiger partial charge in [-0.1, -0.05) is 99.5 Å². The standard InChI is InChI=1S/C46H39N5S/c1-3-5-10-34-14-21-40(22-15-34)51(41-23-16-35(17-24-41)11-6-4-2)42-25-18-36(19-26-42)20-27-43-28-29-44(52-43)46(39(32-49)33-50)45(38(30-47)31-48)37-12-8-7-9-13-37/h7-9,12-29H,3-6,10-11H2,1-2H3/b27-20+. The predicted octanol–water partition coefficient (Wildman–Crippen LogP) is 12.4. The molecule has 0 bridgehead atoms. The second-order valence-corrected chi connectivity index (χ2v) is 13.4. The van der Waals surface area contributed by atoms with Gasteiger partial charge in [-0.3, -0.25) is 0 Å². The van der Waals surface area contributed by atoms with Gasteiger partial charge in [0.1, 0.15) is 35.4 Å². The Morgan fingerprint density at radius 3 is 1.52 bits per heavy atom.